The second-order valence-electron chi connectivity index (χ2n) is 3.65. The fourth-order valence-electron chi connectivity index (χ4n) is 1.82. The zero-order valence-electron chi connectivity index (χ0n) is 9.24. The van der Waals surface area contributed by atoms with E-state index in [1.807, 2.05) is 6.07 Å². The normalized spacial score (nSPS) is 18.7. The van der Waals surface area contributed by atoms with Crippen molar-refractivity contribution in [1.82, 2.24) is 0 Å². The number of fused-ring (bicyclic) bond motifs is 1. The lowest BCUT2D eigenvalue weighted by Crippen LogP contribution is -2.27. The van der Waals surface area contributed by atoms with Crippen LogP contribution in [0.1, 0.15) is 18.0 Å². The quantitative estimate of drug-likeness (QED) is 0.784. The minimum absolute atomic E-state index is 0.0940. The van der Waals surface area contributed by atoms with Crippen molar-refractivity contribution in [2.45, 2.75) is 12.5 Å². The second kappa shape index (κ2) is 4.02. The Labute approximate surface area is 93.5 Å². The van der Waals surface area contributed by atoms with Crippen molar-refractivity contribution in [1.29, 1.82) is 0 Å². The maximum atomic E-state index is 11.4. The Morgan fingerprint density at radius 3 is 2.75 bits per heavy atom. The molecule has 0 saturated carbocycles. The maximum Gasteiger partial charge on any atom is 0.226 e. The number of ether oxygens (including phenoxy) is 2. The molecule has 1 aromatic carbocycles. The van der Waals surface area contributed by atoms with Crippen LogP contribution >= 0.6 is 0 Å². The molecule has 0 saturated heterocycles. The molecule has 1 heterocycles. The maximum absolute atomic E-state index is 11.4. The van der Waals surface area contributed by atoms with Gasteiger partial charge in [-0.15, -0.1) is 0 Å². The number of hydrogen-bond donors (Lipinski definition) is 2. The van der Waals surface area contributed by atoms with Gasteiger partial charge in [0.1, 0.15) is 11.5 Å². The summed E-state index contributed by atoms with van der Waals surface area (Å²) in [7, 11) is 3.12. The standard InChI is InChI=1S/C11H14N2O3/c1-15-6-3-7-8(12)5-10(14)13-11(7)9(4-6)16-2/h3-4,8H,5,12H2,1-2H3,(H,13,14). The van der Waals surface area contributed by atoms with Crippen LogP contribution in [0.2, 0.25) is 0 Å². The first-order valence-corrected chi connectivity index (χ1v) is 4.97. The highest BCUT2D eigenvalue weighted by molar-refractivity contribution is 5.96. The van der Waals surface area contributed by atoms with E-state index in [0.29, 0.717) is 17.2 Å². The summed E-state index contributed by atoms with van der Waals surface area (Å²) in [5.74, 6) is 1.14. The minimum atomic E-state index is -0.312. The van der Waals surface area contributed by atoms with Gasteiger partial charge in [-0.3, -0.25) is 4.79 Å². The smallest absolute Gasteiger partial charge is 0.226 e. The molecule has 16 heavy (non-hydrogen) atoms. The molecule has 1 aliphatic heterocycles. The van der Waals surface area contributed by atoms with Gasteiger partial charge in [-0.05, 0) is 6.07 Å². The van der Waals surface area contributed by atoms with E-state index in [4.69, 9.17) is 15.2 Å². The Balaban J connectivity index is 2.56. The van der Waals surface area contributed by atoms with E-state index in [1.165, 1.54) is 0 Å². The van der Waals surface area contributed by atoms with Crippen LogP contribution in [0.5, 0.6) is 11.5 Å². The summed E-state index contributed by atoms with van der Waals surface area (Å²) in [6.07, 6.45) is 0.281. The van der Waals surface area contributed by atoms with Crippen LogP contribution in [0, 0.1) is 0 Å². The Bertz CT molecular complexity index is 431. The summed E-state index contributed by atoms with van der Waals surface area (Å²) >= 11 is 0. The van der Waals surface area contributed by atoms with Gasteiger partial charge < -0.3 is 20.5 Å². The highest BCUT2D eigenvalue weighted by atomic mass is 16.5. The van der Waals surface area contributed by atoms with E-state index >= 15 is 0 Å². The number of carbonyl (C=O) groups excluding carboxylic acids is 1. The molecule has 2 rings (SSSR count). The van der Waals surface area contributed by atoms with Crippen molar-refractivity contribution in [3.05, 3.63) is 17.7 Å². The lowest BCUT2D eigenvalue weighted by atomic mass is 9.97. The predicted molar refractivity (Wildman–Crippen MR) is 59.7 cm³/mol. The van der Waals surface area contributed by atoms with Gasteiger partial charge in [-0.2, -0.15) is 0 Å². The van der Waals surface area contributed by atoms with Gasteiger partial charge in [0.05, 0.1) is 19.9 Å². The number of rotatable bonds is 2. The molecule has 0 bridgehead atoms. The van der Waals surface area contributed by atoms with Gasteiger partial charge in [0, 0.05) is 24.1 Å². The third kappa shape index (κ3) is 1.69. The SMILES string of the molecule is COc1cc(OC)c2c(c1)C(N)CC(=O)N2. The van der Waals surface area contributed by atoms with Crippen LogP contribution in [-0.2, 0) is 4.79 Å². The summed E-state index contributed by atoms with van der Waals surface area (Å²) in [6, 6.07) is 3.23. The number of carbonyl (C=O) groups is 1. The third-order valence-electron chi connectivity index (χ3n) is 2.63. The van der Waals surface area contributed by atoms with Gasteiger partial charge in [0.2, 0.25) is 5.91 Å². The fraction of sp³-hybridized carbons (Fsp3) is 0.364. The van der Waals surface area contributed by atoms with E-state index in [1.54, 1.807) is 20.3 Å². The van der Waals surface area contributed by atoms with Crippen molar-refractivity contribution >= 4 is 11.6 Å². The Morgan fingerprint density at radius 1 is 1.38 bits per heavy atom. The third-order valence-corrected chi connectivity index (χ3v) is 2.63. The highest BCUT2D eigenvalue weighted by Gasteiger charge is 2.25. The van der Waals surface area contributed by atoms with E-state index in [2.05, 4.69) is 5.32 Å². The number of amides is 1. The fourth-order valence-corrected chi connectivity index (χ4v) is 1.82. The van der Waals surface area contributed by atoms with Gasteiger partial charge in [0.25, 0.3) is 0 Å². The van der Waals surface area contributed by atoms with Crippen LogP contribution in [-0.4, -0.2) is 20.1 Å². The molecular formula is C11H14N2O3. The Hall–Kier alpha value is -1.75. The molecule has 1 aliphatic rings. The summed E-state index contributed by atoms with van der Waals surface area (Å²) in [5, 5.41) is 2.76. The molecule has 1 atom stereocenters. The van der Waals surface area contributed by atoms with Crippen LogP contribution in [0.4, 0.5) is 5.69 Å². The predicted octanol–water partition coefficient (Wildman–Crippen LogP) is 1.05. The summed E-state index contributed by atoms with van der Waals surface area (Å²) < 4.78 is 10.4. The van der Waals surface area contributed by atoms with Crippen LogP contribution in [0.3, 0.4) is 0 Å². The molecule has 1 amide bonds. The molecule has 0 spiro atoms. The lowest BCUT2D eigenvalue weighted by molar-refractivity contribution is -0.116. The van der Waals surface area contributed by atoms with Gasteiger partial charge in [0.15, 0.2) is 0 Å². The summed E-state index contributed by atoms with van der Waals surface area (Å²) in [6.45, 7) is 0. The number of nitrogens with two attached hydrogens (primary N) is 1. The second-order valence-corrected chi connectivity index (χ2v) is 3.65. The van der Waals surface area contributed by atoms with Crippen molar-refractivity contribution in [2.24, 2.45) is 5.73 Å². The largest absolute Gasteiger partial charge is 0.497 e. The highest BCUT2D eigenvalue weighted by Crippen LogP contribution is 2.39. The molecule has 5 heteroatoms. The number of benzene rings is 1. The van der Waals surface area contributed by atoms with Crippen molar-refractivity contribution < 1.29 is 14.3 Å². The average Bonchev–Trinajstić information content (AvgIpc) is 2.28. The number of nitrogens with one attached hydrogen (secondary N) is 1. The first-order chi connectivity index (χ1) is 7.65. The van der Waals surface area contributed by atoms with E-state index < -0.39 is 0 Å². The number of anilines is 1. The average molecular weight is 222 g/mol. The first-order valence-electron chi connectivity index (χ1n) is 4.97. The topological polar surface area (TPSA) is 73.6 Å². The Kier molecular flexibility index (Phi) is 2.70. The molecule has 0 aliphatic carbocycles. The molecule has 86 valence electrons. The van der Waals surface area contributed by atoms with E-state index in [0.717, 1.165) is 5.56 Å². The van der Waals surface area contributed by atoms with Crippen LogP contribution < -0.4 is 20.5 Å². The van der Waals surface area contributed by atoms with E-state index in [-0.39, 0.29) is 18.4 Å². The molecule has 0 radical (unpaired) electrons. The van der Waals surface area contributed by atoms with Gasteiger partial charge in [-0.1, -0.05) is 0 Å². The monoisotopic (exact) mass is 222 g/mol. The van der Waals surface area contributed by atoms with E-state index in [9.17, 15) is 4.79 Å². The van der Waals surface area contributed by atoms with Crippen molar-refractivity contribution in [2.75, 3.05) is 19.5 Å². The molecule has 3 N–H and O–H groups in total. The van der Waals surface area contributed by atoms with Crippen LogP contribution in [0.15, 0.2) is 12.1 Å². The number of methoxy groups -OCH3 is 2. The summed E-state index contributed by atoms with van der Waals surface area (Å²) in [4.78, 5) is 11.4. The first kappa shape index (κ1) is 10.8. The molecule has 0 aromatic heterocycles. The zero-order chi connectivity index (χ0) is 11.7. The molecule has 1 unspecified atom stereocenters. The lowest BCUT2D eigenvalue weighted by Gasteiger charge is -2.24. The van der Waals surface area contributed by atoms with Gasteiger partial charge >= 0.3 is 0 Å². The molecule has 5 nitrogen and oxygen atoms in total. The molecule has 0 fully saturated rings. The van der Waals surface area contributed by atoms with Crippen molar-refractivity contribution in [3.8, 4) is 11.5 Å². The molecule has 1 aromatic rings. The Morgan fingerprint density at radius 2 is 2.12 bits per heavy atom. The van der Waals surface area contributed by atoms with Gasteiger partial charge in [-0.25, -0.2) is 0 Å². The minimum Gasteiger partial charge on any atom is -0.497 e. The van der Waals surface area contributed by atoms with Crippen LogP contribution in [0.25, 0.3) is 0 Å². The zero-order valence-corrected chi connectivity index (χ0v) is 9.24. The summed E-state index contributed by atoms with van der Waals surface area (Å²) in [5.41, 5.74) is 7.40. The van der Waals surface area contributed by atoms with Crippen molar-refractivity contribution in [3.63, 3.8) is 0 Å². The number of hydrogen-bond acceptors (Lipinski definition) is 4. The molecular weight excluding hydrogens is 208 g/mol.